The van der Waals surface area contributed by atoms with Crippen molar-refractivity contribution in [1.82, 2.24) is 0 Å². The van der Waals surface area contributed by atoms with Gasteiger partial charge in [-0.05, 0) is 24.2 Å². The molecule has 0 saturated heterocycles. The van der Waals surface area contributed by atoms with Gasteiger partial charge in [-0.15, -0.1) is 0 Å². The average Bonchev–Trinajstić information content (AvgIpc) is 2.54. The Bertz CT molecular complexity index is 489. The number of nitrogens with one attached hydrogen (secondary N) is 1. The van der Waals surface area contributed by atoms with Crippen LogP contribution in [0, 0.1) is 5.41 Å². The second kappa shape index (κ2) is 12.3. The minimum absolute atomic E-state index is 0.132. The molecule has 0 amide bonds. The first-order valence-electron chi connectivity index (χ1n) is 7.07. The van der Waals surface area contributed by atoms with Crippen LogP contribution in [0.4, 0.5) is 0 Å². The highest BCUT2D eigenvalue weighted by molar-refractivity contribution is 5.82. The van der Waals surface area contributed by atoms with E-state index in [-0.39, 0.29) is 11.8 Å². The number of esters is 1. The van der Waals surface area contributed by atoms with Gasteiger partial charge in [-0.2, -0.15) is 0 Å². The Labute approximate surface area is 131 Å². The van der Waals surface area contributed by atoms with Crippen molar-refractivity contribution in [1.29, 1.82) is 5.41 Å². The molecule has 120 valence electrons. The quantitative estimate of drug-likeness (QED) is 0.350. The van der Waals surface area contributed by atoms with E-state index in [4.69, 9.17) is 11.1 Å². The first-order chi connectivity index (χ1) is 10.6. The second-order valence-electron chi connectivity index (χ2n) is 4.32. The summed E-state index contributed by atoms with van der Waals surface area (Å²) in [5.41, 5.74) is 9.55. The predicted molar refractivity (Wildman–Crippen MR) is 91.8 cm³/mol. The zero-order chi connectivity index (χ0) is 16.8. The number of benzene rings is 2. The molecular weight excluding hydrogens is 278 g/mol. The Hall–Kier alpha value is -2.40. The van der Waals surface area contributed by atoms with Gasteiger partial charge in [-0.25, -0.2) is 0 Å². The smallest absolute Gasteiger partial charge is 0.302 e. The van der Waals surface area contributed by atoms with E-state index in [1.165, 1.54) is 24.7 Å². The van der Waals surface area contributed by atoms with E-state index in [0.29, 0.717) is 19.4 Å². The molecule has 22 heavy (non-hydrogen) atoms. The monoisotopic (exact) mass is 303 g/mol. The van der Waals surface area contributed by atoms with Crippen molar-refractivity contribution in [2.75, 3.05) is 13.7 Å². The zero-order valence-electron chi connectivity index (χ0n) is 13.2. The highest BCUT2D eigenvalue weighted by Crippen LogP contribution is 2.11. The minimum atomic E-state index is -0.288. The van der Waals surface area contributed by atoms with Gasteiger partial charge >= 0.3 is 5.97 Å². The van der Waals surface area contributed by atoms with E-state index >= 15 is 0 Å². The molecule has 5 heteroatoms. The van der Waals surface area contributed by atoms with Gasteiger partial charge in [-0.3, -0.25) is 10.2 Å². The van der Waals surface area contributed by atoms with Gasteiger partial charge in [0.15, 0.2) is 0 Å². The van der Waals surface area contributed by atoms with Crippen LogP contribution in [0.25, 0.3) is 10.8 Å². The predicted octanol–water partition coefficient (Wildman–Crippen LogP) is 2.68. The number of rotatable bonds is 4. The number of nitrogens with two attached hydrogens (primary N) is 2. The van der Waals surface area contributed by atoms with Crippen LogP contribution in [-0.2, 0) is 9.53 Å². The Morgan fingerprint density at radius 1 is 1.05 bits per heavy atom. The van der Waals surface area contributed by atoms with Crippen molar-refractivity contribution in [3.63, 3.8) is 0 Å². The van der Waals surface area contributed by atoms with Crippen molar-refractivity contribution in [2.24, 2.45) is 11.5 Å². The van der Waals surface area contributed by atoms with E-state index in [1.807, 2.05) is 0 Å². The first-order valence-corrected chi connectivity index (χ1v) is 7.07. The molecule has 0 aliphatic carbocycles. The van der Waals surface area contributed by atoms with Gasteiger partial charge in [0.25, 0.3) is 0 Å². The van der Waals surface area contributed by atoms with Gasteiger partial charge in [0, 0.05) is 13.3 Å². The largest absolute Gasteiger partial charge is 0.466 e. The molecule has 0 radical (unpaired) electrons. The third-order valence-electron chi connectivity index (χ3n) is 2.55. The summed E-state index contributed by atoms with van der Waals surface area (Å²) in [5.74, 6) is -0.157. The SMILES string of the molecule is CC(=O)OCCCC(=N)N.CN.c1ccc2ccccc2c1. The fourth-order valence-electron chi connectivity index (χ4n) is 1.61. The third kappa shape index (κ3) is 9.50. The maximum absolute atomic E-state index is 10.2. The van der Waals surface area contributed by atoms with Crippen LogP contribution in [0.15, 0.2) is 48.5 Å². The zero-order valence-corrected chi connectivity index (χ0v) is 13.2. The number of hydrogen-bond acceptors (Lipinski definition) is 4. The maximum Gasteiger partial charge on any atom is 0.302 e. The lowest BCUT2D eigenvalue weighted by Gasteiger charge is -1.99. The van der Waals surface area contributed by atoms with E-state index in [2.05, 4.69) is 59.0 Å². The summed E-state index contributed by atoms with van der Waals surface area (Å²) in [4.78, 5) is 10.2. The summed E-state index contributed by atoms with van der Waals surface area (Å²) in [7, 11) is 1.50. The van der Waals surface area contributed by atoms with E-state index in [1.54, 1.807) is 0 Å². The van der Waals surface area contributed by atoms with E-state index in [0.717, 1.165) is 0 Å². The van der Waals surface area contributed by atoms with Gasteiger partial charge in [-0.1, -0.05) is 48.5 Å². The Balaban J connectivity index is 0.000000360. The molecule has 0 spiro atoms. The summed E-state index contributed by atoms with van der Waals surface area (Å²) >= 11 is 0. The topological polar surface area (TPSA) is 102 Å². The van der Waals surface area contributed by atoms with Crippen LogP contribution in [0.5, 0.6) is 0 Å². The molecule has 0 aliphatic heterocycles. The lowest BCUT2D eigenvalue weighted by atomic mass is 10.1. The maximum atomic E-state index is 10.2. The lowest BCUT2D eigenvalue weighted by Crippen LogP contribution is -2.11. The van der Waals surface area contributed by atoms with Crippen LogP contribution in [0.2, 0.25) is 0 Å². The number of hydrogen-bond donors (Lipinski definition) is 3. The molecule has 0 bridgehead atoms. The Morgan fingerprint density at radius 3 is 1.77 bits per heavy atom. The highest BCUT2D eigenvalue weighted by atomic mass is 16.5. The minimum Gasteiger partial charge on any atom is -0.466 e. The summed E-state index contributed by atoms with van der Waals surface area (Å²) in [5, 5.41) is 9.44. The summed E-state index contributed by atoms with van der Waals surface area (Å²) in [6, 6.07) is 16.7. The molecular formula is C17H25N3O2. The summed E-state index contributed by atoms with van der Waals surface area (Å²) < 4.78 is 4.60. The molecule has 5 N–H and O–H groups in total. The molecule has 2 aromatic rings. The van der Waals surface area contributed by atoms with Gasteiger partial charge in [0.1, 0.15) is 0 Å². The normalized spacial score (nSPS) is 8.86. The number of fused-ring (bicyclic) bond motifs is 1. The van der Waals surface area contributed by atoms with Crippen LogP contribution in [0.1, 0.15) is 19.8 Å². The standard InChI is InChI=1S/C10H8.C6H12N2O2.CH5N/c1-2-6-10-8-4-3-7-9(10)5-1;1-5(9)10-4-2-3-6(7)8;1-2/h1-8H;2-4H2,1H3,(H3,7,8);2H2,1H3. The van der Waals surface area contributed by atoms with Crippen molar-refractivity contribution in [2.45, 2.75) is 19.8 Å². The number of carbonyl (C=O) groups is 1. The molecule has 0 aromatic heterocycles. The first kappa shape index (κ1) is 19.6. The molecule has 5 nitrogen and oxygen atoms in total. The summed E-state index contributed by atoms with van der Waals surface area (Å²) in [6.07, 6.45) is 1.13. The number of ether oxygens (including phenoxy) is 1. The molecule has 0 unspecified atom stereocenters. The Morgan fingerprint density at radius 2 is 1.45 bits per heavy atom. The van der Waals surface area contributed by atoms with Crippen molar-refractivity contribution in [3.8, 4) is 0 Å². The fourth-order valence-corrected chi connectivity index (χ4v) is 1.61. The highest BCUT2D eigenvalue weighted by Gasteiger charge is 1.93. The number of amidine groups is 1. The average molecular weight is 303 g/mol. The van der Waals surface area contributed by atoms with Crippen LogP contribution < -0.4 is 11.5 Å². The molecule has 2 rings (SSSR count). The van der Waals surface area contributed by atoms with Crippen molar-refractivity contribution in [3.05, 3.63) is 48.5 Å². The second-order valence-corrected chi connectivity index (χ2v) is 4.32. The third-order valence-corrected chi connectivity index (χ3v) is 2.55. The molecule has 0 saturated carbocycles. The van der Waals surface area contributed by atoms with Crippen molar-refractivity contribution >= 4 is 22.6 Å². The number of carbonyl (C=O) groups excluding carboxylic acids is 1. The molecule has 0 atom stereocenters. The van der Waals surface area contributed by atoms with Crippen LogP contribution in [-0.4, -0.2) is 25.5 Å². The van der Waals surface area contributed by atoms with Crippen molar-refractivity contribution < 1.29 is 9.53 Å². The fraction of sp³-hybridized carbons (Fsp3) is 0.294. The van der Waals surface area contributed by atoms with Crippen LogP contribution in [0.3, 0.4) is 0 Å². The molecule has 0 fully saturated rings. The Kier molecular flexibility index (Phi) is 11.0. The van der Waals surface area contributed by atoms with Gasteiger partial charge in [0.2, 0.25) is 0 Å². The van der Waals surface area contributed by atoms with Gasteiger partial charge < -0.3 is 16.2 Å². The van der Waals surface area contributed by atoms with Gasteiger partial charge in [0.05, 0.1) is 12.4 Å². The van der Waals surface area contributed by atoms with Crippen LogP contribution >= 0.6 is 0 Å². The lowest BCUT2D eigenvalue weighted by molar-refractivity contribution is -0.141. The van der Waals surface area contributed by atoms with E-state index in [9.17, 15) is 4.79 Å². The molecule has 2 aromatic carbocycles. The molecule has 0 aliphatic rings. The molecule has 0 heterocycles. The summed E-state index contributed by atoms with van der Waals surface area (Å²) in [6.45, 7) is 1.71. The van der Waals surface area contributed by atoms with E-state index < -0.39 is 0 Å².